The second-order valence-corrected chi connectivity index (χ2v) is 4.33. The molecule has 0 unspecified atom stereocenters. The number of ether oxygens (including phenoxy) is 3. The molecule has 0 atom stereocenters. The average molecular weight is 318 g/mol. The first kappa shape index (κ1) is 14.9. The Morgan fingerprint density at radius 1 is 1.28 bits per heavy atom. The van der Waals surface area contributed by atoms with E-state index in [1.165, 1.54) is 0 Å². The molecule has 5 nitrogen and oxygen atoms in total. The van der Waals surface area contributed by atoms with Crippen LogP contribution in [-0.4, -0.2) is 39.5 Å². The highest BCUT2D eigenvalue weighted by atomic mass is 79.9. The van der Waals surface area contributed by atoms with E-state index in [-0.39, 0.29) is 6.61 Å². The first-order chi connectivity index (χ1) is 8.65. The molecule has 0 aliphatic carbocycles. The van der Waals surface area contributed by atoms with Gasteiger partial charge in [0, 0.05) is 17.3 Å². The summed E-state index contributed by atoms with van der Waals surface area (Å²) in [7, 11) is 1.60. The van der Waals surface area contributed by atoms with Gasteiger partial charge in [0.05, 0.1) is 25.4 Å². The maximum atomic E-state index is 11.6. The number of hydrogen-bond acceptors (Lipinski definition) is 5. The van der Waals surface area contributed by atoms with E-state index in [0.717, 1.165) is 4.47 Å². The number of benzene rings is 1. The van der Waals surface area contributed by atoms with E-state index in [9.17, 15) is 4.79 Å². The van der Waals surface area contributed by atoms with Crippen LogP contribution in [0.4, 0.5) is 5.69 Å². The average Bonchev–Trinajstić information content (AvgIpc) is 2.36. The second kappa shape index (κ2) is 8.07. The third-order valence-corrected chi connectivity index (χ3v) is 2.85. The number of carbonyl (C=O) groups excluding carboxylic acids is 1. The Balaban J connectivity index is 2.30. The van der Waals surface area contributed by atoms with Gasteiger partial charge in [-0.3, -0.25) is 0 Å². The molecule has 0 aromatic heterocycles. The molecule has 0 radical (unpaired) electrons. The molecule has 1 aromatic rings. The van der Waals surface area contributed by atoms with Crippen molar-refractivity contribution in [3.8, 4) is 0 Å². The van der Waals surface area contributed by atoms with Crippen molar-refractivity contribution < 1.29 is 19.0 Å². The number of carbonyl (C=O) groups is 1. The smallest absolute Gasteiger partial charge is 0.338 e. The van der Waals surface area contributed by atoms with Crippen molar-refractivity contribution in [2.24, 2.45) is 0 Å². The summed E-state index contributed by atoms with van der Waals surface area (Å²) in [5.74, 6) is -0.412. The van der Waals surface area contributed by atoms with E-state index < -0.39 is 5.97 Å². The maximum absolute atomic E-state index is 11.6. The molecular weight excluding hydrogens is 302 g/mol. The number of anilines is 1. The molecule has 1 aromatic carbocycles. The van der Waals surface area contributed by atoms with Crippen LogP contribution in [0.3, 0.4) is 0 Å². The van der Waals surface area contributed by atoms with Crippen LogP contribution in [0.2, 0.25) is 0 Å². The SMILES string of the molecule is COCCOCCOC(=O)c1ccc(Br)c(N)c1. The van der Waals surface area contributed by atoms with Gasteiger partial charge in [-0.25, -0.2) is 4.79 Å². The Kier molecular flexibility index (Phi) is 6.70. The van der Waals surface area contributed by atoms with Crippen LogP contribution < -0.4 is 5.73 Å². The standard InChI is InChI=1S/C12H16BrNO4/c1-16-4-5-17-6-7-18-12(15)9-2-3-10(13)11(14)8-9/h2-3,8H,4-7,14H2,1H3. The van der Waals surface area contributed by atoms with Crippen LogP contribution >= 0.6 is 15.9 Å². The van der Waals surface area contributed by atoms with E-state index >= 15 is 0 Å². The van der Waals surface area contributed by atoms with Crippen LogP contribution in [0, 0.1) is 0 Å². The van der Waals surface area contributed by atoms with Gasteiger partial charge in [-0.15, -0.1) is 0 Å². The van der Waals surface area contributed by atoms with Crippen molar-refractivity contribution in [3.05, 3.63) is 28.2 Å². The zero-order valence-electron chi connectivity index (χ0n) is 10.1. The highest BCUT2D eigenvalue weighted by Gasteiger charge is 2.08. The first-order valence-corrected chi connectivity index (χ1v) is 6.23. The van der Waals surface area contributed by atoms with Crippen molar-refractivity contribution in [1.29, 1.82) is 0 Å². The van der Waals surface area contributed by atoms with E-state index in [1.807, 2.05) is 0 Å². The summed E-state index contributed by atoms with van der Waals surface area (Å²) in [6.07, 6.45) is 0. The van der Waals surface area contributed by atoms with Crippen molar-refractivity contribution >= 4 is 27.6 Å². The molecule has 0 spiro atoms. The number of methoxy groups -OCH3 is 1. The summed E-state index contributed by atoms with van der Waals surface area (Å²) < 4.78 is 15.8. The molecule has 0 saturated carbocycles. The zero-order valence-corrected chi connectivity index (χ0v) is 11.7. The fourth-order valence-corrected chi connectivity index (χ4v) is 1.44. The highest BCUT2D eigenvalue weighted by Crippen LogP contribution is 2.20. The van der Waals surface area contributed by atoms with Gasteiger partial charge in [-0.05, 0) is 34.1 Å². The molecule has 18 heavy (non-hydrogen) atoms. The third-order valence-electron chi connectivity index (χ3n) is 2.12. The Morgan fingerprint density at radius 2 is 2.00 bits per heavy atom. The second-order valence-electron chi connectivity index (χ2n) is 3.48. The fourth-order valence-electron chi connectivity index (χ4n) is 1.19. The van der Waals surface area contributed by atoms with Gasteiger partial charge in [0.15, 0.2) is 0 Å². The lowest BCUT2D eigenvalue weighted by molar-refractivity contribution is 0.0214. The Hall–Kier alpha value is -1.11. The topological polar surface area (TPSA) is 70.8 Å². The van der Waals surface area contributed by atoms with Crippen molar-refractivity contribution in [2.45, 2.75) is 0 Å². The van der Waals surface area contributed by atoms with Crippen LogP contribution in [0.25, 0.3) is 0 Å². The summed E-state index contributed by atoms with van der Waals surface area (Å²) >= 11 is 3.26. The predicted octanol–water partition coefficient (Wildman–Crippen LogP) is 1.85. The summed E-state index contributed by atoms with van der Waals surface area (Å²) in [5.41, 5.74) is 6.60. The number of nitrogens with two attached hydrogens (primary N) is 1. The molecule has 0 aliphatic heterocycles. The van der Waals surface area contributed by atoms with Gasteiger partial charge in [-0.1, -0.05) is 0 Å². The molecule has 0 heterocycles. The molecule has 100 valence electrons. The summed E-state index contributed by atoms with van der Waals surface area (Å²) in [6.45, 7) is 1.57. The molecule has 6 heteroatoms. The number of hydrogen-bond donors (Lipinski definition) is 1. The van der Waals surface area contributed by atoms with E-state index in [2.05, 4.69) is 15.9 Å². The summed E-state index contributed by atoms with van der Waals surface area (Å²) in [4.78, 5) is 11.6. The number of esters is 1. The Morgan fingerprint density at radius 3 is 2.67 bits per heavy atom. The first-order valence-electron chi connectivity index (χ1n) is 5.44. The lowest BCUT2D eigenvalue weighted by Gasteiger charge is -2.06. The minimum absolute atomic E-state index is 0.207. The molecule has 0 amide bonds. The zero-order chi connectivity index (χ0) is 13.4. The lowest BCUT2D eigenvalue weighted by Crippen LogP contribution is -2.12. The molecular formula is C12H16BrNO4. The van der Waals surface area contributed by atoms with Crippen molar-refractivity contribution in [2.75, 3.05) is 39.3 Å². The summed E-state index contributed by atoms with van der Waals surface area (Å²) in [6, 6.07) is 4.92. The number of nitrogen functional groups attached to an aromatic ring is 1. The van der Waals surface area contributed by atoms with Crippen LogP contribution in [0.15, 0.2) is 22.7 Å². The van der Waals surface area contributed by atoms with E-state index in [0.29, 0.717) is 31.1 Å². The molecule has 0 aliphatic rings. The van der Waals surface area contributed by atoms with E-state index in [4.69, 9.17) is 19.9 Å². The molecule has 1 rings (SSSR count). The van der Waals surface area contributed by atoms with Crippen molar-refractivity contribution in [3.63, 3.8) is 0 Å². The predicted molar refractivity (Wildman–Crippen MR) is 71.5 cm³/mol. The number of rotatable bonds is 7. The van der Waals surface area contributed by atoms with Gasteiger partial charge < -0.3 is 19.9 Å². The monoisotopic (exact) mass is 317 g/mol. The van der Waals surface area contributed by atoms with Crippen LogP contribution in [0.1, 0.15) is 10.4 Å². The van der Waals surface area contributed by atoms with Gasteiger partial charge in [0.2, 0.25) is 0 Å². The quantitative estimate of drug-likeness (QED) is 0.472. The van der Waals surface area contributed by atoms with Crippen LogP contribution in [0.5, 0.6) is 0 Å². The molecule has 0 fully saturated rings. The third kappa shape index (κ3) is 5.03. The maximum Gasteiger partial charge on any atom is 0.338 e. The normalized spacial score (nSPS) is 10.3. The molecule has 0 saturated heterocycles. The summed E-state index contributed by atoms with van der Waals surface area (Å²) in [5, 5.41) is 0. The van der Waals surface area contributed by atoms with Gasteiger partial charge >= 0.3 is 5.97 Å². The highest BCUT2D eigenvalue weighted by molar-refractivity contribution is 9.10. The van der Waals surface area contributed by atoms with Crippen molar-refractivity contribution in [1.82, 2.24) is 0 Å². The van der Waals surface area contributed by atoms with Gasteiger partial charge in [0.1, 0.15) is 6.61 Å². The van der Waals surface area contributed by atoms with E-state index in [1.54, 1.807) is 25.3 Å². The number of halogens is 1. The van der Waals surface area contributed by atoms with Gasteiger partial charge in [0.25, 0.3) is 0 Å². The largest absolute Gasteiger partial charge is 0.460 e. The fraction of sp³-hybridized carbons (Fsp3) is 0.417. The van der Waals surface area contributed by atoms with Crippen LogP contribution in [-0.2, 0) is 14.2 Å². The molecule has 0 bridgehead atoms. The minimum Gasteiger partial charge on any atom is -0.460 e. The minimum atomic E-state index is -0.412. The Labute approximate surface area is 114 Å². The Bertz CT molecular complexity index is 398. The lowest BCUT2D eigenvalue weighted by atomic mass is 10.2. The van der Waals surface area contributed by atoms with Gasteiger partial charge in [-0.2, -0.15) is 0 Å². The molecule has 2 N–H and O–H groups in total.